The van der Waals surface area contributed by atoms with Crippen LogP contribution in [0, 0.1) is 0 Å². The number of hydrogen-bond acceptors (Lipinski definition) is 4. The molecule has 2 N–H and O–H groups in total. The lowest BCUT2D eigenvalue weighted by Gasteiger charge is -2.09. The molecule has 0 unspecified atom stereocenters. The summed E-state index contributed by atoms with van der Waals surface area (Å²) in [5, 5.41) is 4.64. The van der Waals surface area contributed by atoms with E-state index in [0.717, 1.165) is 94.4 Å². The van der Waals surface area contributed by atoms with E-state index in [9.17, 15) is 0 Å². The average Bonchev–Trinajstić information content (AvgIpc) is 3.85. The van der Waals surface area contributed by atoms with E-state index in [2.05, 4.69) is 177 Å². The van der Waals surface area contributed by atoms with Crippen LogP contribution < -0.4 is 5.73 Å². The lowest BCUT2D eigenvalue weighted by atomic mass is 9.99. The molecule has 6 aromatic carbocycles. The van der Waals surface area contributed by atoms with Gasteiger partial charge in [0, 0.05) is 75.2 Å². The fourth-order valence-corrected chi connectivity index (χ4v) is 8.90. The van der Waals surface area contributed by atoms with E-state index < -0.39 is 0 Å². The van der Waals surface area contributed by atoms with Gasteiger partial charge < -0.3 is 14.9 Å². The number of hydrogen-bond donors (Lipinski definition) is 1. The Hall–Kier alpha value is -8.35. The lowest BCUT2D eigenvalue weighted by molar-refractivity contribution is 1.18. The molecule has 5 aromatic heterocycles. The van der Waals surface area contributed by atoms with E-state index >= 15 is 0 Å². The Labute approximate surface area is 359 Å². The van der Waals surface area contributed by atoms with Crippen molar-refractivity contribution in [2.75, 3.05) is 0 Å². The highest BCUT2D eigenvalue weighted by atomic mass is 15.0. The summed E-state index contributed by atoms with van der Waals surface area (Å²) in [6.45, 7) is 2.04. The molecule has 11 aromatic rings. The van der Waals surface area contributed by atoms with E-state index in [0.29, 0.717) is 5.70 Å². The fraction of sp³-hybridized carbons (Fsp3) is 0.0179. The average molecular weight is 797 g/mol. The molecule has 0 aliphatic rings. The summed E-state index contributed by atoms with van der Waals surface area (Å²) < 4.78 is 4.71. The third kappa shape index (κ3) is 6.42. The Bertz CT molecular complexity index is 3510. The Balaban J connectivity index is 1.08. The number of aromatic nitrogens is 5. The number of fused-ring (bicyclic) bond motifs is 6. The van der Waals surface area contributed by atoms with Crippen molar-refractivity contribution in [3.8, 4) is 44.9 Å². The molecule has 6 nitrogen and oxygen atoms in total. The highest BCUT2D eigenvalue weighted by Gasteiger charge is 2.18. The standard InChI is InChI=1S/C56H40N6/c1-2-37(38-21-26-58-27-22-38)35-51(57)43-15-19-55-49(33-43)47-31-40(13-17-53(47)61(55)45-9-5-3-6-10-45)41-14-18-54-48(32-41)50-34-44(16-20-56(50)62(54)46-11-7-4-8-12-46)52-36-42(25-30-60-52)39-23-28-59-29-24-39/h2-36H,57H2,1H3/b37-2+,51-35-. The van der Waals surface area contributed by atoms with E-state index in [1.54, 1.807) is 0 Å². The molecule has 0 atom stereocenters. The molecule has 0 saturated carbocycles. The first-order valence-corrected chi connectivity index (χ1v) is 20.8. The van der Waals surface area contributed by atoms with Crippen LogP contribution in [0.5, 0.6) is 0 Å². The molecular weight excluding hydrogens is 757 g/mol. The molecule has 0 aliphatic carbocycles. The van der Waals surface area contributed by atoms with Crippen LogP contribution in [0.25, 0.3) is 99.8 Å². The first kappa shape index (κ1) is 36.7. The summed E-state index contributed by atoms with van der Waals surface area (Å²) in [5.41, 5.74) is 23.9. The van der Waals surface area contributed by atoms with Gasteiger partial charge in [-0.15, -0.1) is 0 Å². The SMILES string of the molecule is C/C=C(\C=C(/N)c1ccc2c(c1)c1cc(-c3ccc4c(c3)c3cc(-c5cc(-c6ccncc6)ccn5)ccc3n4-c3ccccc3)ccc1n2-c1ccccc1)c1ccncc1. The van der Waals surface area contributed by atoms with Crippen molar-refractivity contribution in [3.63, 3.8) is 0 Å². The Kier molecular flexibility index (Phi) is 9.09. The van der Waals surface area contributed by atoms with E-state index in [1.807, 2.05) is 62.2 Å². The minimum atomic E-state index is 0.701. The zero-order valence-electron chi connectivity index (χ0n) is 34.0. The third-order valence-electron chi connectivity index (χ3n) is 11.9. The van der Waals surface area contributed by atoms with Gasteiger partial charge in [-0.05, 0) is 161 Å². The second kappa shape index (κ2) is 15.4. The minimum absolute atomic E-state index is 0.701. The van der Waals surface area contributed by atoms with Crippen LogP contribution in [-0.2, 0) is 0 Å². The molecule has 0 aliphatic heterocycles. The van der Waals surface area contributed by atoms with Gasteiger partial charge >= 0.3 is 0 Å². The van der Waals surface area contributed by atoms with Gasteiger partial charge in [0.15, 0.2) is 0 Å². The number of pyridine rings is 3. The fourth-order valence-electron chi connectivity index (χ4n) is 8.90. The highest BCUT2D eigenvalue weighted by Crippen LogP contribution is 2.40. The zero-order valence-corrected chi connectivity index (χ0v) is 34.0. The van der Waals surface area contributed by atoms with Crippen LogP contribution in [0.3, 0.4) is 0 Å². The molecule has 0 fully saturated rings. The van der Waals surface area contributed by atoms with Crippen molar-refractivity contribution in [2.45, 2.75) is 6.92 Å². The summed E-state index contributed by atoms with van der Waals surface area (Å²) >= 11 is 0. The van der Waals surface area contributed by atoms with E-state index in [4.69, 9.17) is 10.7 Å². The third-order valence-corrected chi connectivity index (χ3v) is 11.9. The molecule has 0 radical (unpaired) electrons. The van der Waals surface area contributed by atoms with Gasteiger partial charge in [0.05, 0.1) is 27.8 Å². The van der Waals surface area contributed by atoms with Crippen LogP contribution in [0.1, 0.15) is 18.1 Å². The van der Waals surface area contributed by atoms with Gasteiger partial charge in [0.25, 0.3) is 0 Å². The van der Waals surface area contributed by atoms with Crippen molar-refractivity contribution in [2.24, 2.45) is 5.73 Å². The summed E-state index contributed by atoms with van der Waals surface area (Å²) in [5.74, 6) is 0. The molecule has 0 amide bonds. The van der Waals surface area contributed by atoms with Crippen molar-refractivity contribution in [1.82, 2.24) is 24.1 Å². The van der Waals surface area contributed by atoms with E-state index in [-0.39, 0.29) is 0 Å². The largest absolute Gasteiger partial charge is 0.398 e. The molecule has 0 bridgehead atoms. The summed E-state index contributed by atoms with van der Waals surface area (Å²) in [7, 11) is 0. The highest BCUT2D eigenvalue weighted by molar-refractivity contribution is 6.13. The number of nitrogens with zero attached hydrogens (tertiary/aromatic N) is 5. The maximum absolute atomic E-state index is 6.90. The number of allylic oxidation sites excluding steroid dienone is 3. The molecular formula is C56H40N6. The van der Waals surface area contributed by atoms with Gasteiger partial charge in [0.1, 0.15) is 0 Å². The normalized spacial score (nSPS) is 12.2. The molecule has 294 valence electrons. The van der Waals surface area contributed by atoms with Crippen LogP contribution >= 0.6 is 0 Å². The van der Waals surface area contributed by atoms with E-state index in [1.165, 1.54) is 10.8 Å². The Morgan fingerprint density at radius 1 is 0.435 bits per heavy atom. The van der Waals surface area contributed by atoms with Gasteiger partial charge in [0.2, 0.25) is 0 Å². The molecule has 0 saturated heterocycles. The van der Waals surface area contributed by atoms with Crippen molar-refractivity contribution >= 4 is 54.9 Å². The van der Waals surface area contributed by atoms with Crippen molar-refractivity contribution in [1.29, 1.82) is 0 Å². The second-order valence-electron chi connectivity index (χ2n) is 15.5. The van der Waals surface area contributed by atoms with Gasteiger partial charge in [-0.1, -0.05) is 66.7 Å². The van der Waals surface area contributed by atoms with Crippen molar-refractivity contribution in [3.05, 3.63) is 224 Å². The summed E-state index contributed by atoms with van der Waals surface area (Å²) in [6.07, 6.45) is 13.3. The molecule has 11 rings (SSSR count). The van der Waals surface area contributed by atoms with Crippen LogP contribution in [0.2, 0.25) is 0 Å². The Morgan fingerprint density at radius 3 is 1.47 bits per heavy atom. The minimum Gasteiger partial charge on any atom is -0.398 e. The summed E-state index contributed by atoms with van der Waals surface area (Å²) in [4.78, 5) is 13.3. The maximum atomic E-state index is 6.90. The first-order chi connectivity index (χ1) is 30.6. The van der Waals surface area contributed by atoms with Crippen LogP contribution in [-0.4, -0.2) is 24.1 Å². The van der Waals surface area contributed by atoms with Gasteiger partial charge in [-0.3, -0.25) is 15.0 Å². The monoisotopic (exact) mass is 796 g/mol. The Morgan fingerprint density at radius 2 is 0.903 bits per heavy atom. The quantitative estimate of drug-likeness (QED) is 0.155. The topological polar surface area (TPSA) is 74.5 Å². The van der Waals surface area contributed by atoms with Crippen molar-refractivity contribution < 1.29 is 0 Å². The second-order valence-corrected chi connectivity index (χ2v) is 15.5. The molecule has 62 heavy (non-hydrogen) atoms. The molecule has 5 heterocycles. The lowest BCUT2D eigenvalue weighted by Crippen LogP contribution is -1.98. The first-order valence-electron chi connectivity index (χ1n) is 20.8. The van der Waals surface area contributed by atoms with Gasteiger partial charge in [-0.25, -0.2) is 0 Å². The number of para-hydroxylation sites is 2. The zero-order chi connectivity index (χ0) is 41.6. The van der Waals surface area contributed by atoms with Gasteiger partial charge in [-0.2, -0.15) is 0 Å². The maximum Gasteiger partial charge on any atom is 0.0708 e. The number of benzene rings is 6. The molecule has 6 heteroatoms. The number of nitrogens with two attached hydrogens (primary N) is 1. The smallest absolute Gasteiger partial charge is 0.0708 e. The predicted molar refractivity (Wildman–Crippen MR) is 257 cm³/mol. The van der Waals surface area contributed by atoms with Crippen LogP contribution in [0.4, 0.5) is 0 Å². The molecule has 0 spiro atoms. The van der Waals surface area contributed by atoms with Crippen LogP contribution in [0.15, 0.2) is 213 Å². The number of rotatable bonds is 8. The summed E-state index contributed by atoms with van der Waals surface area (Å²) in [6, 6.07) is 60.5. The predicted octanol–water partition coefficient (Wildman–Crippen LogP) is 13.5.